The van der Waals surface area contributed by atoms with Crippen molar-refractivity contribution < 1.29 is 5.11 Å². The van der Waals surface area contributed by atoms with Crippen LogP contribution in [0.1, 0.15) is 51.9 Å². The van der Waals surface area contributed by atoms with Crippen molar-refractivity contribution in [3.63, 3.8) is 0 Å². The predicted molar refractivity (Wildman–Crippen MR) is 58.8 cm³/mol. The molecule has 1 unspecified atom stereocenters. The molecule has 0 aromatic heterocycles. The van der Waals surface area contributed by atoms with Crippen LogP contribution in [0.5, 0.6) is 0 Å². The SMILES string of the molecule is C=CC(CCC)CCCCCCO. The highest BCUT2D eigenvalue weighted by Gasteiger charge is 2.01. The average molecular weight is 184 g/mol. The Labute approximate surface area is 82.9 Å². The van der Waals surface area contributed by atoms with Crippen molar-refractivity contribution in [2.75, 3.05) is 6.61 Å². The summed E-state index contributed by atoms with van der Waals surface area (Å²) >= 11 is 0. The summed E-state index contributed by atoms with van der Waals surface area (Å²) in [5, 5.41) is 8.59. The Bertz CT molecular complexity index is 110. The molecule has 0 aliphatic carbocycles. The van der Waals surface area contributed by atoms with E-state index in [0.717, 1.165) is 12.3 Å². The number of rotatable bonds is 9. The first-order valence-electron chi connectivity index (χ1n) is 5.58. The molecule has 0 spiro atoms. The zero-order valence-electron chi connectivity index (χ0n) is 8.97. The number of hydrogen-bond acceptors (Lipinski definition) is 1. The van der Waals surface area contributed by atoms with Crippen LogP contribution in [0.2, 0.25) is 0 Å². The summed E-state index contributed by atoms with van der Waals surface area (Å²) < 4.78 is 0. The van der Waals surface area contributed by atoms with Crippen molar-refractivity contribution in [2.24, 2.45) is 5.92 Å². The molecule has 0 radical (unpaired) electrons. The van der Waals surface area contributed by atoms with E-state index in [4.69, 9.17) is 5.11 Å². The molecule has 1 atom stereocenters. The molecule has 0 aliphatic rings. The normalized spacial score (nSPS) is 12.8. The summed E-state index contributed by atoms with van der Waals surface area (Å²) in [5.74, 6) is 0.721. The first kappa shape index (κ1) is 12.7. The smallest absolute Gasteiger partial charge is 0.0431 e. The Morgan fingerprint density at radius 3 is 2.38 bits per heavy atom. The number of hydrogen-bond donors (Lipinski definition) is 1. The second-order valence-corrected chi connectivity index (χ2v) is 3.71. The highest BCUT2D eigenvalue weighted by Crippen LogP contribution is 2.16. The van der Waals surface area contributed by atoms with Gasteiger partial charge in [-0.3, -0.25) is 0 Å². The summed E-state index contributed by atoms with van der Waals surface area (Å²) in [5.41, 5.74) is 0. The number of unbranched alkanes of at least 4 members (excludes halogenated alkanes) is 3. The molecule has 0 aromatic rings. The van der Waals surface area contributed by atoms with Gasteiger partial charge in [-0.05, 0) is 25.2 Å². The number of aliphatic hydroxyl groups excluding tert-OH is 1. The summed E-state index contributed by atoms with van der Waals surface area (Å²) in [6.45, 7) is 6.43. The Morgan fingerprint density at radius 2 is 1.85 bits per heavy atom. The van der Waals surface area contributed by atoms with Gasteiger partial charge in [0.15, 0.2) is 0 Å². The van der Waals surface area contributed by atoms with Crippen LogP contribution in [0.25, 0.3) is 0 Å². The fraction of sp³-hybridized carbons (Fsp3) is 0.833. The Morgan fingerprint density at radius 1 is 1.15 bits per heavy atom. The van der Waals surface area contributed by atoms with Gasteiger partial charge in [0.2, 0.25) is 0 Å². The van der Waals surface area contributed by atoms with Crippen molar-refractivity contribution in [3.8, 4) is 0 Å². The zero-order chi connectivity index (χ0) is 9.94. The molecule has 1 N–H and O–H groups in total. The molecule has 0 saturated heterocycles. The van der Waals surface area contributed by atoms with Crippen LogP contribution in [-0.2, 0) is 0 Å². The number of allylic oxidation sites excluding steroid dienone is 1. The van der Waals surface area contributed by atoms with E-state index in [1.165, 1.54) is 38.5 Å². The van der Waals surface area contributed by atoms with E-state index in [1.807, 2.05) is 0 Å². The summed E-state index contributed by atoms with van der Waals surface area (Å²) in [6.07, 6.45) is 10.6. The molecule has 0 saturated carbocycles. The van der Waals surface area contributed by atoms with Crippen LogP contribution in [0.3, 0.4) is 0 Å². The van der Waals surface area contributed by atoms with Gasteiger partial charge in [0, 0.05) is 6.61 Å². The second kappa shape index (κ2) is 9.79. The van der Waals surface area contributed by atoms with Crippen molar-refractivity contribution in [2.45, 2.75) is 51.9 Å². The van der Waals surface area contributed by atoms with E-state index in [2.05, 4.69) is 19.6 Å². The Hall–Kier alpha value is -0.300. The van der Waals surface area contributed by atoms with Gasteiger partial charge in [-0.1, -0.05) is 38.7 Å². The predicted octanol–water partition coefficient (Wildman–Crippen LogP) is 3.53. The van der Waals surface area contributed by atoms with E-state index in [0.29, 0.717) is 6.61 Å². The molecule has 1 nitrogen and oxygen atoms in total. The first-order valence-corrected chi connectivity index (χ1v) is 5.58. The molecule has 13 heavy (non-hydrogen) atoms. The lowest BCUT2D eigenvalue weighted by molar-refractivity contribution is 0.282. The van der Waals surface area contributed by atoms with Gasteiger partial charge in [-0.25, -0.2) is 0 Å². The van der Waals surface area contributed by atoms with Crippen molar-refractivity contribution in [3.05, 3.63) is 12.7 Å². The maximum Gasteiger partial charge on any atom is 0.0431 e. The van der Waals surface area contributed by atoms with Crippen molar-refractivity contribution in [1.82, 2.24) is 0 Å². The molecule has 0 amide bonds. The molecular weight excluding hydrogens is 160 g/mol. The Balaban J connectivity index is 3.22. The summed E-state index contributed by atoms with van der Waals surface area (Å²) in [6, 6.07) is 0. The van der Waals surface area contributed by atoms with Gasteiger partial charge in [0.25, 0.3) is 0 Å². The van der Waals surface area contributed by atoms with Gasteiger partial charge < -0.3 is 5.11 Å². The van der Waals surface area contributed by atoms with Crippen LogP contribution in [-0.4, -0.2) is 11.7 Å². The molecule has 0 fully saturated rings. The summed E-state index contributed by atoms with van der Waals surface area (Å²) in [7, 11) is 0. The largest absolute Gasteiger partial charge is 0.396 e. The maximum atomic E-state index is 8.59. The molecule has 0 bridgehead atoms. The van der Waals surface area contributed by atoms with E-state index in [-0.39, 0.29) is 0 Å². The zero-order valence-corrected chi connectivity index (χ0v) is 8.97. The van der Waals surface area contributed by atoms with Crippen molar-refractivity contribution in [1.29, 1.82) is 0 Å². The quantitative estimate of drug-likeness (QED) is 0.429. The van der Waals surface area contributed by atoms with Gasteiger partial charge in [-0.2, -0.15) is 0 Å². The minimum absolute atomic E-state index is 0.347. The van der Waals surface area contributed by atoms with E-state index in [1.54, 1.807) is 0 Å². The van der Waals surface area contributed by atoms with Gasteiger partial charge in [0.1, 0.15) is 0 Å². The van der Waals surface area contributed by atoms with E-state index < -0.39 is 0 Å². The van der Waals surface area contributed by atoms with Gasteiger partial charge >= 0.3 is 0 Å². The van der Waals surface area contributed by atoms with E-state index >= 15 is 0 Å². The van der Waals surface area contributed by atoms with Crippen LogP contribution in [0.15, 0.2) is 12.7 Å². The fourth-order valence-corrected chi connectivity index (χ4v) is 1.62. The van der Waals surface area contributed by atoms with Gasteiger partial charge in [0.05, 0.1) is 0 Å². The molecule has 0 aromatic carbocycles. The monoisotopic (exact) mass is 184 g/mol. The highest BCUT2D eigenvalue weighted by atomic mass is 16.2. The lowest BCUT2D eigenvalue weighted by Crippen LogP contribution is -1.95. The van der Waals surface area contributed by atoms with Crippen LogP contribution < -0.4 is 0 Å². The van der Waals surface area contributed by atoms with Crippen LogP contribution in [0, 0.1) is 5.92 Å². The summed E-state index contributed by atoms with van der Waals surface area (Å²) in [4.78, 5) is 0. The first-order chi connectivity index (χ1) is 6.35. The van der Waals surface area contributed by atoms with E-state index in [9.17, 15) is 0 Å². The molecule has 0 heterocycles. The molecule has 78 valence electrons. The maximum absolute atomic E-state index is 8.59. The minimum atomic E-state index is 0.347. The molecule has 0 aliphatic heterocycles. The fourth-order valence-electron chi connectivity index (χ4n) is 1.62. The average Bonchev–Trinajstić information content (AvgIpc) is 2.16. The van der Waals surface area contributed by atoms with Crippen LogP contribution >= 0.6 is 0 Å². The third kappa shape index (κ3) is 8.04. The third-order valence-electron chi connectivity index (χ3n) is 2.48. The lowest BCUT2D eigenvalue weighted by Gasteiger charge is -2.10. The Kier molecular flexibility index (Phi) is 9.56. The van der Waals surface area contributed by atoms with Crippen LogP contribution in [0.4, 0.5) is 0 Å². The standard InChI is InChI=1S/C12H24O/c1-3-9-12(4-2)10-7-5-6-8-11-13/h4,12-13H,2-3,5-11H2,1H3. The molecule has 0 rings (SSSR count). The highest BCUT2D eigenvalue weighted by molar-refractivity contribution is 4.78. The third-order valence-corrected chi connectivity index (χ3v) is 2.48. The molecular formula is C12H24O. The molecule has 1 heteroatoms. The van der Waals surface area contributed by atoms with Gasteiger partial charge in [-0.15, -0.1) is 6.58 Å². The van der Waals surface area contributed by atoms with Crippen molar-refractivity contribution >= 4 is 0 Å². The topological polar surface area (TPSA) is 20.2 Å². The lowest BCUT2D eigenvalue weighted by atomic mass is 9.96. The number of aliphatic hydroxyl groups is 1. The second-order valence-electron chi connectivity index (χ2n) is 3.71. The minimum Gasteiger partial charge on any atom is -0.396 e.